The van der Waals surface area contributed by atoms with E-state index in [1.165, 1.54) is 6.92 Å². The minimum atomic E-state index is -1.34. The maximum absolute atomic E-state index is 13.0. The van der Waals surface area contributed by atoms with Gasteiger partial charge in [-0.05, 0) is 34.7 Å². The van der Waals surface area contributed by atoms with Crippen molar-refractivity contribution in [3.8, 4) is 0 Å². The molecule has 2 heterocycles. The highest BCUT2D eigenvalue weighted by molar-refractivity contribution is 5.73. The average molecular weight is 1020 g/mol. The topological polar surface area (TPSA) is 218 Å². The van der Waals surface area contributed by atoms with E-state index in [1.54, 1.807) is 0 Å². The van der Waals surface area contributed by atoms with Gasteiger partial charge >= 0.3 is 0 Å². The minimum absolute atomic E-state index is 0.0303. The third-order valence-corrected chi connectivity index (χ3v) is 11.7. The fourth-order valence-corrected chi connectivity index (χ4v) is 8.10. The summed E-state index contributed by atoms with van der Waals surface area (Å²) < 4.78 is 80.6. The van der Waals surface area contributed by atoms with Crippen LogP contribution in [0.5, 0.6) is 0 Å². The summed E-state index contributed by atoms with van der Waals surface area (Å²) in [6, 6.07) is 38.1. The Morgan fingerprint density at radius 2 is 0.986 bits per heavy atom. The Bertz CT molecular complexity index is 2110. The number of aliphatic hydroxyl groups is 1. The van der Waals surface area contributed by atoms with Crippen molar-refractivity contribution >= 4 is 5.91 Å². The fourth-order valence-electron chi connectivity index (χ4n) is 8.10. The molecule has 4 aromatic rings. The van der Waals surface area contributed by atoms with Gasteiger partial charge in [0.1, 0.15) is 42.7 Å². The Kier molecular flexibility index (Phi) is 26.6. The highest BCUT2D eigenvalue weighted by Crippen LogP contribution is 2.34. The van der Waals surface area contributed by atoms with Crippen LogP contribution in [0.25, 0.3) is 10.4 Å². The molecule has 2 N–H and O–H groups in total. The summed E-state index contributed by atoms with van der Waals surface area (Å²) >= 11 is 0. The third kappa shape index (κ3) is 20.7. The van der Waals surface area contributed by atoms with Crippen molar-refractivity contribution in [1.82, 2.24) is 5.32 Å². The molecule has 0 unspecified atom stereocenters. The first-order valence-corrected chi connectivity index (χ1v) is 24.9. The van der Waals surface area contributed by atoms with Crippen LogP contribution in [0.1, 0.15) is 36.1 Å². The molecule has 2 fully saturated rings. The van der Waals surface area contributed by atoms with E-state index in [9.17, 15) is 9.90 Å². The van der Waals surface area contributed by atoms with E-state index in [2.05, 4.69) is 15.3 Å². The second kappa shape index (κ2) is 33.8. The molecule has 4 aromatic carbocycles. The molecule has 10 atom stereocenters. The number of carbonyl (C=O) groups is 1. The first kappa shape index (κ1) is 57.4. The molecule has 0 aromatic heterocycles. The van der Waals surface area contributed by atoms with Gasteiger partial charge < -0.3 is 72.0 Å². The summed E-state index contributed by atoms with van der Waals surface area (Å²) in [6.45, 7) is 8.11. The second-order valence-corrected chi connectivity index (χ2v) is 17.2. The largest absolute Gasteiger partial charge is 0.388 e. The maximum atomic E-state index is 13.0. The van der Waals surface area contributed by atoms with Crippen molar-refractivity contribution in [1.29, 1.82) is 0 Å². The normalized spacial score (nSPS) is 23.9. The van der Waals surface area contributed by atoms with Crippen molar-refractivity contribution in [2.75, 3.05) is 85.8 Å². The standard InChI is InChI=1S/C54H72N4O15/c1-40-49(68-36-43-17-9-4-10-18-43)51(69-37-44-19-11-5-12-20-44)52(70-38-45-21-13-6-14-22-45)54(71-40)73-50-47(57-41(2)59)53(72-46(48(50)60)39-66-35-42-15-7-3-8-16-42)67-34-33-65-32-31-64-30-29-63-28-27-62-26-25-61-24-23-56-58-55/h3-22,40,46-54,60H,23-39H2,1-2H3,(H,57,59)/t40-,46+,47+,48+,49+,50+,51+,52-,53+,54-/m0/s1. The van der Waals surface area contributed by atoms with Gasteiger partial charge in [0.15, 0.2) is 12.6 Å². The SMILES string of the molecule is CC(=O)N[C@H]1[C@H](OCCOCCOCCOCCOCCOCCN=[N+]=[N-])O[C@H](COCc2ccccc2)[C@@H](O)[C@@H]1O[C@@H]1O[C@@H](C)[C@@H](OCc2ccccc2)[C@@H](OCc2ccccc2)[C@@H]1OCc1ccccc1. The summed E-state index contributed by atoms with van der Waals surface area (Å²) in [4.78, 5) is 15.7. The van der Waals surface area contributed by atoms with E-state index in [0.717, 1.165) is 22.3 Å². The van der Waals surface area contributed by atoms with Gasteiger partial charge in [-0.3, -0.25) is 4.79 Å². The average Bonchev–Trinajstić information content (AvgIpc) is 3.41. The molecule has 2 aliphatic rings. The molecule has 398 valence electrons. The summed E-state index contributed by atoms with van der Waals surface area (Å²) in [5.74, 6) is -0.398. The molecule has 0 bridgehead atoms. The number of aliphatic hydroxyl groups excluding tert-OH is 1. The smallest absolute Gasteiger partial charge is 0.217 e. The number of nitrogens with one attached hydrogen (secondary N) is 1. The van der Waals surface area contributed by atoms with Crippen molar-refractivity contribution in [2.45, 2.75) is 102 Å². The van der Waals surface area contributed by atoms with Gasteiger partial charge in [0.05, 0.1) is 112 Å². The molecule has 19 heteroatoms. The van der Waals surface area contributed by atoms with E-state index in [4.69, 9.17) is 67.1 Å². The molecule has 2 aliphatic heterocycles. The third-order valence-electron chi connectivity index (χ3n) is 11.7. The van der Waals surface area contributed by atoms with E-state index in [1.807, 2.05) is 128 Å². The predicted molar refractivity (Wildman–Crippen MR) is 267 cm³/mol. The molecule has 0 spiro atoms. The van der Waals surface area contributed by atoms with E-state index < -0.39 is 67.3 Å². The number of carbonyl (C=O) groups excluding carboxylic acids is 1. The lowest BCUT2D eigenvalue weighted by atomic mass is 9.95. The zero-order valence-electron chi connectivity index (χ0n) is 41.8. The first-order chi connectivity index (χ1) is 35.9. The van der Waals surface area contributed by atoms with Gasteiger partial charge in [0.25, 0.3) is 0 Å². The van der Waals surface area contributed by atoms with Crippen LogP contribution in [-0.2, 0) is 92.8 Å². The minimum Gasteiger partial charge on any atom is -0.388 e. The molecule has 73 heavy (non-hydrogen) atoms. The molecule has 0 aliphatic carbocycles. The van der Waals surface area contributed by atoms with Crippen LogP contribution in [0.4, 0.5) is 0 Å². The van der Waals surface area contributed by atoms with Crippen LogP contribution >= 0.6 is 0 Å². The number of ether oxygens (including phenoxy) is 13. The Balaban J connectivity index is 1.12. The van der Waals surface area contributed by atoms with Crippen molar-refractivity contribution < 1.29 is 71.5 Å². The molecule has 19 nitrogen and oxygen atoms in total. The molecular weight excluding hydrogens is 945 g/mol. The Labute approximate surface area is 428 Å². The van der Waals surface area contributed by atoms with Gasteiger partial charge in [-0.15, -0.1) is 0 Å². The number of benzene rings is 4. The van der Waals surface area contributed by atoms with E-state index in [0.29, 0.717) is 66.1 Å². The van der Waals surface area contributed by atoms with Gasteiger partial charge in [0, 0.05) is 18.4 Å². The van der Waals surface area contributed by atoms with Crippen LogP contribution in [0.3, 0.4) is 0 Å². The highest BCUT2D eigenvalue weighted by atomic mass is 16.7. The predicted octanol–water partition coefficient (Wildman–Crippen LogP) is 6.09. The molecule has 1 amide bonds. The zero-order valence-corrected chi connectivity index (χ0v) is 41.8. The van der Waals surface area contributed by atoms with Gasteiger partial charge in [0.2, 0.25) is 5.91 Å². The van der Waals surface area contributed by atoms with Crippen molar-refractivity contribution in [3.05, 3.63) is 154 Å². The van der Waals surface area contributed by atoms with Gasteiger partial charge in [-0.1, -0.05) is 126 Å². The van der Waals surface area contributed by atoms with Crippen LogP contribution < -0.4 is 5.32 Å². The Hall–Kier alpha value is -4.90. The first-order valence-electron chi connectivity index (χ1n) is 24.9. The summed E-state index contributed by atoms with van der Waals surface area (Å²) in [5, 5.41) is 18.6. The lowest BCUT2D eigenvalue weighted by Gasteiger charge is -2.49. The highest BCUT2D eigenvalue weighted by Gasteiger charge is 2.53. The van der Waals surface area contributed by atoms with Gasteiger partial charge in [-0.2, -0.15) is 0 Å². The number of hydrogen-bond donors (Lipinski definition) is 2. The van der Waals surface area contributed by atoms with E-state index in [-0.39, 0.29) is 46.2 Å². The van der Waals surface area contributed by atoms with Crippen LogP contribution in [0.2, 0.25) is 0 Å². The van der Waals surface area contributed by atoms with Crippen LogP contribution in [0, 0.1) is 0 Å². The number of amides is 1. The molecule has 0 radical (unpaired) electrons. The zero-order chi connectivity index (χ0) is 51.1. The summed E-state index contributed by atoms with van der Waals surface area (Å²) in [7, 11) is 0. The summed E-state index contributed by atoms with van der Waals surface area (Å²) in [6.07, 6.45) is -8.57. The molecular formula is C54H72N4O15. The lowest BCUT2D eigenvalue weighted by molar-refractivity contribution is -0.355. The fraction of sp³-hybridized carbons (Fsp3) is 0.537. The molecule has 2 saturated heterocycles. The van der Waals surface area contributed by atoms with Gasteiger partial charge in [-0.25, -0.2) is 0 Å². The number of hydrogen-bond acceptors (Lipinski definition) is 16. The molecule has 6 rings (SSSR count). The van der Waals surface area contributed by atoms with E-state index >= 15 is 0 Å². The number of azide groups is 1. The quantitative estimate of drug-likeness (QED) is 0.0231. The van der Waals surface area contributed by atoms with Crippen molar-refractivity contribution in [2.24, 2.45) is 5.11 Å². The van der Waals surface area contributed by atoms with Crippen molar-refractivity contribution in [3.63, 3.8) is 0 Å². The monoisotopic (exact) mass is 1020 g/mol. The molecule has 0 saturated carbocycles. The number of rotatable bonds is 35. The van der Waals surface area contributed by atoms with Crippen LogP contribution in [-0.4, -0.2) is 158 Å². The Morgan fingerprint density at radius 1 is 0.548 bits per heavy atom. The number of nitrogens with zero attached hydrogens (tertiary/aromatic N) is 3. The maximum Gasteiger partial charge on any atom is 0.217 e. The van der Waals surface area contributed by atoms with Crippen LogP contribution in [0.15, 0.2) is 126 Å². The summed E-state index contributed by atoms with van der Waals surface area (Å²) in [5.41, 5.74) is 12.1. The lowest BCUT2D eigenvalue weighted by Crippen LogP contribution is -2.68. The Morgan fingerprint density at radius 3 is 1.47 bits per heavy atom. The second-order valence-electron chi connectivity index (χ2n) is 17.2.